The first-order chi connectivity index (χ1) is 16.0. The number of amides is 2. The van der Waals surface area contributed by atoms with Crippen LogP contribution in [0.15, 0.2) is 48.5 Å². The molecule has 1 aliphatic heterocycles. The molecule has 3 N–H and O–H groups in total. The van der Waals surface area contributed by atoms with Crippen molar-refractivity contribution in [1.29, 1.82) is 0 Å². The second-order valence-electron chi connectivity index (χ2n) is 7.96. The average molecular weight is 448 g/mol. The fourth-order valence-corrected chi connectivity index (χ4v) is 4.37. The first-order valence-electron chi connectivity index (χ1n) is 10.7. The molecule has 0 bridgehead atoms. The number of aliphatic carboxylic acids is 1. The van der Waals surface area contributed by atoms with E-state index in [4.69, 9.17) is 15.9 Å². The molecule has 1 heterocycles. The summed E-state index contributed by atoms with van der Waals surface area (Å²) in [6.07, 6.45) is 3.75. The number of fused-ring (bicyclic) bond motifs is 3. The molecule has 2 amide bonds. The van der Waals surface area contributed by atoms with Gasteiger partial charge in [-0.15, -0.1) is 12.3 Å². The molecule has 8 nitrogen and oxygen atoms in total. The minimum Gasteiger partial charge on any atom is -0.479 e. The lowest BCUT2D eigenvalue weighted by Crippen LogP contribution is -2.52. The third-order valence-electron chi connectivity index (χ3n) is 5.94. The van der Waals surface area contributed by atoms with E-state index in [2.05, 4.69) is 16.6 Å². The highest BCUT2D eigenvalue weighted by atomic mass is 16.5. The van der Waals surface area contributed by atoms with Gasteiger partial charge in [0.1, 0.15) is 12.6 Å². The zero-order valence-electron chi connectivity index (χ0n) is 17.8. The molecule has 170 valence electrons. The highest BCUT2D eigenvalue weighted by molar-refractivity contribution is 5.87. The van der Waals surface area contributed by atoms with E-state index >= 15 is 0 Å². The van der Waals surface area contributed by atoms with Crippen molar-refractivity contribution in [2.45, 2.75) is 36.9 Å². The van der Waals surface area contributed by atoms with Gasteiger partial charge in [-0.2, -0.15) is 0 Å². The van der Waals surface area contributed by atoms with Crippen LogP contribution < -0.4 is 10.6 Å². The van der Waals surface area contributed by atoms with E-state index < -0.39 is 36.2 Å². The minimum atomic E-state index is -1.16. The molecule has 1 unspecified atom stereocenters. The van der Waals surface area contributed by atoms with Gasteiger partial charge < -0.3 is 25.2 Å². The maximum Gasteiger partial charge on any atom is 0.407 e. The maximum atomic E-state index is 12.7. The van der Waals surface area contributed by atoms with Gasteiger partial charge in [-0.3, -0.25) is 4.79 Å². The van der Waals surface area contributed by atoms with Crippen molar-refractivity contribution in [2.75, 3.05) is 13.2 Å². The van der Waals surface area contributed by atoms with E-state index in [0.29, 0.717) is 6.42 Å². The van der Waals surface area contributed by atoms with Gasteiger partial charge in [0, 0.05) is 18.9 Å². The van der Waals surface area contributed by atoms with Gasteiger partial charge in [-0.1, -0.05) is 48.5 Å². The van der Waals surface area contributed by atoms with Gasteiger partial charge in [0.05, 0.1) is 6.04 Å². The molecule has 0 saturated carbocycles. The topological polar surface area (TPSA) is 114 Å². The van der Waals surface area contributed by atoms with Crippen LogP contribution in [0.5, 0.6) is 0 Å². The summed E-state index contributed by atoms with van der Waals surface area (Å²) in [7, 11) is 0. The van der Waals surface area contributed by atoms with Gasteiger partial charge in [0.15, 0.2) is 6.10 Å². The molecular weight excluding hydrogens is 424 g/mol. The number of hydrogen-bond acceptors (Lipinski definition) is 5. The summed E-state index contributed by atoms with van der Waals surface area (Å²) >= 11 is 0. The Morgan fingerprint density at radius 3 is 2.36 bits per heavy atom. The van der Waals surface area contributed by atoms with Gasteiger partial charge in [0.2, 0.25) is 5.91 Å². The Morgan fingerprint density at radius 1 is 1.12 bits per heavy atom. The highest BCUT2D eigenvalue weighted by Gasteiger charge is 2.37. The van der Waals surface area contributed by atoms with Crippen molar-refractivity contribution in [3.8, 4) is 23.5 Å². The van der Waals surface area contributed by atoms with Crippen molar-refractivity contribution in [1.82, 2.24) is 10.6 Å². The fourth-order valence-electron chi connectivity index (χ4n) is 4.37. The number of alkyl carbamates (subject to hydrolysis) is 1. The lowest BCUT2D eigenvalue weighted by atomic mass is 9.98. The first-order valence-corrected chi connectivity index (χ1v) is 10.7. The van der Waals surface area contributed by atoms with Crippen LogP contribution in [0.2, 0.25) is 0 Å². The average Bonchev–Trinajstić information content (AvgIpc) is 3.40. The molecule has 0 aromatic heterocycles. The Hall–Kier alpha value is -3.83. The molecular formula is C25H24N2O6. The van der Waals surface area contributed by atoms with Crippen LogP contribution >= 0.6 is 0 Å². The molecule has 33 heavy (non-hydrogen) atoms. The van der Waals surface area contributed by atoms with Gasteiger partial charge >= 0.3 is 12.1 Å². The summed E-state index contributed by atoms with van der Waals surface area (Å²) in [6, 6.07) is 14.2. The van der Waals surface area contributed by atoms with E-state index in [1.54, 1.807) is 0 Å². The minimum absolute atomic E-state index is 0.0681. The van der Waals surface area contributed by atoms with E-state index in [9.17, 15) is 19.5 Å². The number of carbonyl (C=O) groups is 3. The van der Waals surface area contributed by atoms with Crippen molar-refractivity contribution in [3.05, 3.63) is 59.7 Å². The quantitative estimate of drug-likeness (QED) is 0.560. The Morgan fingerprint density at radius 2 is 1.76 bits per heavy atom. The molecule has 1 fully saturated rings. The predicted molar refractivity (Wildman–Crippen MR) is 119 cm³/mol. The molecule has 0 spiro atoms. The molecule has 2 aromatic carbocycles. The van der Waals surface area contributed by atoms with Crippen LogP contribution in [0.25, 0.3) is 11.1 Å². The predicted octanol–water partition coefficient (Wildman–Crippen LogP) is 2.28. The number of ether oxygens (including phenoxy) is 2. The summed E-state index contributed by atoms with van der Waals surface area (Å²) in [4.78, 5) is 36.4. The lowest BCUT2D eigenvalue weighted by Gasteiger charge is -2.21. The highest BCUT2D eigenvalue weighted by Crippen LogP contribution is 2.44. The summed E-state index contributed by atoms with van der Waals surface area (Å²) in [5.74, 6) is 0.505. The van der Waals surface area contributed by atoms with Crippen molar-refractivity contribution in [2.24, 2.45) is 0 Å². The SMILES string of the molecule is C#CCC(NC(=O)OCC1c2ccccc2-c2ccccc21)C(=O)N[C@H]1CCO[C@H]1C(=O)O. The Balaban J connectivity index is 1.38. The van der Waals surface area contributed by atoms with Crippen LogP contribution in [0, 0.1) is 12.3 Å². The molecule has 3 atom stereocenters. The number of nitrogens with one attached hydrogen (secondary N) is 2. The standard InChI is InChI=1S/C25H24N2O6/c1-2-7-21(23(28)26-20-12-13-32-22(20)24(29)30)27-25(31)33-14-19-17-10-5-3-8-15(17)16-9-4-6-11-18(16)19/h1,3-6,8-11,19-22H,7,12-14H2,(H,26,28)(H,27,31)(H,29,30)/t20-,21?,22+/m0/s1. The van der Waals surface area contributed by atoms with Crippen LogP contribution in [0.1, 0.15) is 29.9 Å². The molecule has 8 heteroatoms. The number of carboxylic acid groups (broad SMARTS) is 1. The first kappa shape index (κ1) is 22.4. The number of carbonyl (C=O) groups excluding carboxylic acids is 2. The normalized spacial score (nSPS) is 19.6. The molecule has 0 radical (unpaired) electrons. The summed E-state index contributed by atoms with van der Waals surface area (Å²) < 4.78 is 10.6. The second kappa shape index (κ2) is 9.76. The van der Waals surface area contributed by atoms with Crippen LogP contribution in [-0.2, 0) is 19.1 Å². The number of terminal acetylenes is 1. The largest absolute Gasteiger partial charge is 0.479 e. The third-order valence-corrected chi connectivity index (χ3v) is 5.94. The summed E-state index contributed by atoms with van der Waals surface area (Å²) in [5, 5.41) is 14.3. The second-order valence-corrected chi connectivity index (χ2v) is 7.96. The molecule has 1 saturated heterocycles. The van der Waals surface area contributed by atoms with E-state index in [1.807, 2.05) is 48.5 Å². The maximum absolute atomic E-state index is 12.7. The van der Waals surface area contributed by atoms with Crippen molar-refractivity contribution >= 4 is 18.0 Å². The Bertz CT molecular complexity index is 1060. The number of hydrogen-bond donors (Lipinski definition) is 3. The molecule has 4 rings (SSSR count). The van der Waals surface area contributed by atoms with E-state index in [0.717, 1.165) is 22.3 Å². The van der Waals surface area contributed by atoms with Gasteiger partial charge in [0.25, 0.3) is 0 Å². The van der Waals surface area contributed by atoms with Crippen molar-refractivity contribution in [3.63, 3.8) is 0 Å². The molecule has 2 aromatic rings. The molecule has 1 aliphatic carbocycles. The smallest absolute Gasteiger partial charge is 0.407 e. The monoisotopic (exact) mass is 448 g/mol. The van der Waals surface area contributed by atoms with Gasteiger partial charge in [-0.25, -0.2) is 9.59 Å². The number of benzene rings is 2. The summed E-state index contributed by atoms with van der Waals surface area (Å²) in [6.45, 7) is 0.323. The Kier molecular flexibility index (Phi) is 6.61. The number of rotatable bonds is 7. The van der Waals surface area contributed by atoms with E-state index in [1.165, 1.54) is 0 Å². The molecule has 2 aliphatic rings. The van der Waals surface area contributed by atoms with Crippen LogP contribution in [-0.4, -0.2) is 54.5 Å². The van der Waals surface area contributed by atoms with Crippen LogP contribution in [0.3, 0.4) is 0 Å². The lowest BCUT2D eigenvalue weighted by molar-refractivity contribution is -0.148. The summed E-state index contributed by atoms with van der Waals surface area (Å²) in [5.41, 5.74) is 4.37. The van der Waals surface area contributed by atoms with Crippen molar-refractivity contribution < 1.29 is 29.0 Å². The fraction of sp³-hybridized carbons (Fsp3) is 0.320. The Labute approximate surface area is 191 Å². The van der Waals surface area contributed by atoms with Crippen LogP contribution in [0.4, 0.5) is 4.79 Å². The van der Waals surface area contributed by atoms with E-state index in [-0.39, 0.29) is 25.6 Å². The third kappa shape index (κ3) is 4.69. The number of carboxylic acids is 1. The zero-order chi connectivity index (χ0) is 23.4. The van der Waals surface area contributed by atoms with Gasteiger partial charge in [-0.05, 0) is 28.7 Å². The zero-order valence-corrected chi connectivity index (χ0v) is 17.8.